The first-order chi connectivity index (χ1) is 8.06. The number of alkyl halides is 1. The minimum atomic E-state index is -0.115. The van der Waals surface area contributed by atoms with Gasteiger partial charge in [0.05, 0.1) is 5.38 Å². The fourth-order valence-electron chi connectivity index (χ4n) is 1.84. The summed E-state index contributed by atoms with van der Waals surface area (Å²) in [6.45, 7) is 2.00. The van der Waals surface area contributed by atoms with Crippen LogP contribution in [0.1, 0.15) is 13.3 Å². The van der Waals surface area contributed by atoms with E-state index >= 15 is 0 Å². The number of halogens is 1. The number of carbonyl (C=O) groups excluding carboxylic acids is 2. The van der Waals surface area contributed by atoms with E-state index in [0.29, 0.717) is 13.0 Å². The molecule has 0 bridgehead atoms. The molecule has 2 rings (SSSR count). The normalized spacial score (nSPS) is 19.5. The summed E-state index contributed by atoms with van der Waals surface area (Å²) in [7, 11) is 0. The van der Waals surface area contributed by atoms with Crippen molar-refractivity contribution in [1.29, 1.82) is 0 Å². The van der Waals surface area contributed by atoms with Gasteiger partial charge in [-0.2, -0.15) is 0 Å². The highest BCUT2D eigenvalue weighted by molar-refractivity contribution is 6.24. The Morgan fingerprint density at radius 1 is 1.41 bits per heavy atom. The van der Waals surface area contributed by atoms with E-state index in [1.807, 2.05) is 0 Å². The van der Waals surface area contributed by atoms with Crippen LogP contribution in [0.3, 0.4) is 0 Å². The van der Waals surface area contributed by atoms with E-state index in [1.54, 1.807) is 29.2 Å². The van der Waals surface area contributed by atoms with Crippen LogP contribution in [0.5, 0.6) is 0 Å². The number of nitrogens with zero attached hydrogens (tertiary/aromatic N) is 1. The first kappa shape index (κ1) is 11.9. The van der Waals surface area contributed by atoms with E-state index in [2.05, 4.69) is 5.32 Å². The van der Waals surface area contributed by atoms with Gasteiger partial charge in [-0.15, -0.1) is 11.6 Å². The lowest BCUT2D eigenvalue weighted by molar-refractivity contribution is -0.117. The number of hydrogen-bond acceptors (Lipinski definition) is 2. The van der Waals surface area contributed by atoms with Crippen molar-refractivity contribution >= 4 is 34.8 Å². The summed E-state index contributed by atoms with van der Waals surface area (Å²) in [6, 6.07) is 7.15. The monoisotopic (exact) mass is 252 g/mol. The van der Waals surface area contributed by atoms with Crippen LogP contribution >= 0.6 is 11.6 Å². The van der Waals surface area contributed by atoms with Crippen LogP contribution in [0.4, 0.5) is 11.4 Å². The van der Waals surface area contributed by atoms with Crippen molar-refractivity contribution in [1.82, 2.24) is 0 Å². The third-order valence-electron chi connectivity index (χ3n) is 2.58. The number of hydrogen-bond donors (Lipinski definition) is 1. The maximum atomic E-state index is 11.6. The molecule has 1 aliphatic heterocycles. The highest BCUT2D eigenvalue weighted by Crippen LogP contribution is 2.25. The number of anilines is 2. The van der Waals surface area contributed by atoms with Crippen LogP contribution in [-0.2, 0) is 9.59 Å². The molecule has 1 unspecified atom stereocenters. The van der Waals surface area contributed by atoms with Crippen LogP contribution in [0.15, 0.2) is 24.3 Å². The van der Waals surface area contributed by atoms with Crippen molar-refractivity contribution in [3.8, 4) is 0 Å². The second-order valence-electron chi connectivity index (χ2n) is 4.03. The van der Waals surface area contributed by atoms with Crippen LogP contribution < -0.4 is 10.2 Å². The first-order valence-electron chi connectivity index (χ1n) is 5.38. The zero-order chi connectivity index (χ0) is 12.4. The molecule has 1 saturated heterocycles. The zero-order valence-electron chi connectivity index (χ0n) is 9.44. The lowest BCUT2D eigenvalue weighted by Crippen LogP contribution is -2.24. The van der Waals surface area contributed by atoms with Crippen LogP contribution in [-0.4, -0.2) is 23.7 Å². The van der Waals surface area contributed by atoms with Gasteiger partial charge in [0.15, 0.2) is 0 Å². The Bertz CT molecular complexity index is 444. The Kier molecular flexibility index (Phi) is 3.33. The van der Waals surface area contributed by atoms with Gasteiger partial charge in [0.1, 0.15) is 0 Å². The molecule has 5 heteroatoms. The van der Waals surface area contributed by atoms with E-state index in [4.69, 9.17) is 11.6 Å². The number of carbonyl (C=O) groups is 2. The number of nitrogens with one attached hydrogen (secondary N) is 1. The molecule has 0 radical (unpaired) electrons. The Hall–Kier alpha value is -1.55. The molecule has 1 aromatic rings. The van der Waals surface area contributed by atoms with Gasteiger partial charge in [0.2, 0.25) is 11.8 Å². The van der Waals surface area contributed by atoms with Crippen molar-refractivity contribution in [3.63, 3.8) is 0 Å². The van der Waals surface area contributed by atoms with Gasteiger partial charge in [-0.3, -0.25) is 9.59 Å². The van der Waals surface area contributed by atoms with E-state index in [1.165, 1.54) is 6.92 Å². The molecule has 0 aromatic heterocycles. The predicted octanol–water partition coefficient (Wildman–Crippen LogP) is 1.99. The number of rotatable bonds is 2. The summed E-state index contributed by atoms with van der Waals surface area (Å²) < 4.78 is 0. The van der Waals surface area contributed by atoms with Crippen molar-refractivity contribution in [2.45, 2.75) is 18.7 Å². The minimum absolute atomic E-state index is 0.0391. The fourth-order valence-corrected chi connectivity index (χ4v) is 2.11. The van der Waals surface area contributed by atoms with Gasteiger partial charge in [-0.25, -0.2) is 0 Å². The topological polar surface area (TPSA) is 49.4 Å². The molecule has 1 aromatic carbocycles. The zero-order valence-corrected chi connectivity index (χ0v) is 10.2. The van der Waals surface area contributed by atoms with Gasteiger partial charge in [0.25, 0.3) is 0 Å². The Labute approximate surface area is 105 Å². The average molecular weight is 253 g/mol. The maximum Gasteiger partial charge on any atom is 0.228 e. The molecule has 0 aliphatic carbocycles. The van der Waals surface area contributed by atoms with Crippen molar-refractivity contribution < 1.29 is 9.59 Å². The number of amides is 2. The lowest BCUT2D eigenvalue weighted by Gasteiger charge is -2.16. The third kappa shape index (κ3) is 2.77. The molecule has 0 saturated carbocycles. The largest absolute Gasteiger partial charge is 0.326 e. The molecule has 17 heavy (non-hydrogen) atoms. The molecule has 1 fully saturated rings. The average Bonchev–Trinajstić information content (AvgIpc) is 2.58. The van der Waals surface area contributed by atoms with E-state index in [9.17, 15) is 9.59 Å². The van der Waals surface area contributed by atoms with Crippen LogP contribution in [0.2, 0.25) is 0 Å². The van der Waals surface area contributed by atoms with Crippen LogP contribution in [0, 0.1) is 0 Å². The second-order valence-corrected chi connectivity index (χ2v) is 4.65. The quantitative estimate of drug-likeness (QED) is 0.819. The van der Waals surface area contributed by atoms with Crippen molar-refractivity contribution in [2.24, 2.45) is 0 Å². The van der Waals surface area contributed by atoms with Gasteiger partial charge < -0.3 is 10.2 Å². The molecule has 90 valence electrons. The molecule has 1 aliphatic rings. The maximum absolute atomic E-state index is 11.6. The molecule has 0 spiro atoms. The van der Waals surface area contributed by atoms with E-state index < -0.39 is 0 Å². The minimum Gasteiger partial charge on any atom is -0.326 e. The van der Waals surface area contributed by atoms with Gasteiger partial charge in [-0.05, 0) is 24.3 Å². The summed E-state index contributed by atoms with van der Waals surface area (Å²) in [4.78, 5) is 24.1. The summed E-state index contributed by atoms with van der Waals surface area (Å²) in [5.74, 6) is -0.0758. The molecular formula is C12H13ClN2O2. The highest BCUT2D eigenvalue weighted by Gasteiger charge is 2.28. The highest BCUT2D eigenvalue weighted by atomic mass is 35.5. The summed E-state index contributed by atoms with van der Waals surface area (Å²) in [5.41, 5.74) is 1.53. The van der Waals surface area contributed by atoms with Gasteiger partial charge >= 0.3 is 0 Å². The summed E-state index contributed by atoms with van der Waals surface area (Å²) in [6.07, 6.45) is 0.384. The Balaban J connectivity index is 2.12. The van der Waals surface area contributed by atoms with Crippen LogP contribution in [0.25, 0.3) is 0 Å². The predicted molar refractivity (Wildman–Crippen MR) is 67.4 cm³/mol. The first-order valence-corrected chi connectivity index (χ1v) is 5.82. The Morgan fingerprint density at radius 2 is 2.06 bits per heavy atom. The standard InChI is InChI=1S/C12H13ClN2O2/c1-8(16)14-10-2-4-11(5-3-10)15-7-9(13)6-12(15)17/h2-5,9H,6-7H2,1H3,(H,14,16). The second kappa shape index (κ2) is 4.75. The summed E-state index contributed by atoms with van der Waals surface area (Å²) in [5, 5.41) is 2.56. The fraction of sp³-hybridized carbons (Fsp3) is 0.333. The molecule has 1 N–H and O–H groups in total. The Morgan fingerprint density at radius 3 is 2.53 bits per heavy atom. The van der Waals surface area contributed by atoms with Crippen molar-refractivity contribution in [3.05, 3.63) is 24.3 Å². The van der Waals surface area contributed by atoms with E-state index in [0.717, 1.165) is 11.4 Å². The SMILES string of the molecule is CC(=O)Nc1ccc(N2CC(Cl)CC2=O)cc1. The smallest absolute Gasteiger partial charge is 0.228 e. The lowest BCUT2D eigenvalue weighted by atomic mass is 10.2. The van der Waals surface area contributed by atoms with Gasteiger partial charge in [-0.1, -0.05) is 0 Å². The number of benzene rings is 1. The third-order valence-corrected chi connectivity index (χ3v) is 2.87. The van der Waals surface area contributed by atoms with Crippen molar-refractivity contribution in [2.75, 3.05) is 16.8 Å². The molecule has 1 atom stereocenters. The van der Waals surface area contributed by atoms with Gasteiger partial charge in [0, 0.05) is 31.3 Å². The molecule has 4 nitrogen and oxygen atoms in total. The summed E-state index contributed by atoms with van der Waals surface area (Å²) >= 11 is 5.93. The molecule has 1 heterocycles. The molecular weight excluding hydrogens is 240 g/mol. The molecule has 2 amide bonds. The van der Waals surface area contributed by atoms with E-state index in [-0.39, 0.29) is 17.2 Å².